The van der Waals surface area contributed by atoms with Crippen molar-refractivity contribution in [1.29, 1.82) is 0 Å². The summed E-state index contributed by atoms with van der Waals surface area (Å²) in [5.41, 5.74) is 26.5. The Morgan fingerprint density at radius 1 is 0.232 bits per heavy atom. The molecule has 5 aromatic heterocycles. The summed E-state index contributed by atoms with van der Waals surface area (Å²) in [5, 5.41) is 7.72. The van der Waals surface area contributed by atoms with E-state index in [0.29, 0.717) is 11.6 Å². The van der Waals surface area contributed by atoms with Gasteiger partial charge in [-0.05, 0) is 108 Å². The number of fused-ring (bicyclic) bond motifs is 15. The lowest BCUT2D eigenvalue weighted by Gasteiger charge is -2.24. The minimum Gasteiger partial charge on any atom is -0.264 e. The topological polar surface area (TPSA) is 103 Å². The van der Waals surface area contributed by atoms with Gasteiger partial charge in [0, 0.05) is 96.0 Å². The van der Waals surface area contributed by atoms with Gasteiger partial charge in [0.1, 0.15) is 5.69 Å². The summed E-state index contributed by atoms with van der Waals surface area (Å²) in [6.07, 6.45) is 5.42. The third-order valence-corrected chi connectivity index (χ3v) is 20.9. The quantitative estimate of drug-likeness (QED) is 0.139. The van der Waals surface area contributed by atoms with Crippen molar-refractivity contribution in [3.05, 3.63) is 325 Å². The van der Waals surface area contributed by atoms with Gasteiger partial charge in [0.25, 0.3) is 0 Å². The Morgan fingerprint density at radius 2 is 0.606 bits per heavy atom. The van der Waals surface area contributed by atoms with Crippen molar-refractivity contribution in [3.63, 3.8) is 0 Å². The molecule has 0 N–H and O–H groups in total. The van der Waals surface area contributed by atoms with Gasteiger partial charge in [0.05, 0.1) is 34.2 Å². The zero-order valence-corrected chi connectivity index (χ0v) is 55.8. The van der Waals surface area contributed by atoms with Crippen LogP contribution in [0, 0.1) is 0 Å². The summed E-state index contributed by atoms with van der Waals surface area (Å²) in [6.45, 7) is 13.7. The molecule has 0 bridgehead atoms. The maximum Gasteiger partial charge on any atom is 0.179 e. The molecular weight excluding hydrogens is 1210 g/mol. The Bertz CT molecular complexity index is 5890. The maximum atomic E-state index is 5.32. The van der Waals surface area contributed by atoms with Crippen LogP contribution in [0.2, 0.25) is 0 Å². The average Bonchev–Trinajstić information content (AvgIpc) is 1.28. The summed E-state index contributed by atoms with van der Waals surface area (Å²) in [4.78, 5) is 40.2. The standard InChI is InChI=1S/C49H37N5.C42H29N3/c1-48(2)38-21-10-8-19-36(38)44-40(48)42(51-47(54-44)35-18-13-27-50-29-35)31-25-23-30(24-26-31)33-16-12-17-34(28-33)43-41-45(37-20-9-11-22-39(37)49(41,3)4)53-46(52-43)32-14-6-5-7-15-32;1-42(2)36-16-8-7-15-34(36)40-38(42)39(44-41(45-40)37-17-9-10-24-43-37)27-20-18-26(19-21-27)28-22-23-33-31-13-4-3-11-29(31)30-12-5-6-14-32(30)35(33)25-28/h5-29H,1-4H3;3-25H,1-2H3. The molecule has 99 heavy (non-hydrogen) atoms. The molecule has 0 unspecified atom stereocenters. The fourth-order valence-corrected chi connectivity index (χ4v) is 16.0. The summed E-state index contributed by atoms with van der Waals surface area (Å²) in [5.74, 6) is 2.06. The Hall–Kier alpha value is -12.3. The molecule has 0 aliphatic heterocycles. The fraction of sp³-hybridized carbons (Fsp3) is 0.0989. The van der Waals surface area contributed by atoms with E-state index in [1.54, 1.807) is 12.4 Å². The molecule has 16 aromatic rings. The van der Waals surface area contributed by atoms with E-state index in [2.05, 4.69) is 276 Å². The van der Waals surface area contributed by atoms with Crippen molar-refractivity contribution >= 4 is 32.3 Å². The molecule has 3 aliphatic rings. The highest BCUT2D eigenvalue weighted by atomic mass is 15.0. The van der Waals surface area contributed by atoms with Gasteiger partial charge in [-0.1, -0.05) is 278 Å². The van der Waals surface area contributed by atoms with Crippen LogP contribution in [-0.4, -0.2) is 39.9 Å². The van der Waals surface area contributed by atoms with Gasteiger partial charge >= 0.3 is 0 Å². The molecule has 19 rings (SSSR count). The summed E-state index contributed by atoms with van der Waals surface area (Å²) >= 11 is 0. The van der Waals surface area contributed by atoms with Crippen molar-refractivity contribution in [2.75, 3.05) is 0 Å². The van der Waals surface area contributed by atoms with E-state index in [4.69, 9.17) is 29.9 Å². The van der Waals surface area contributed by atoms with E-state index in [0.717, 1.165) is 95.8 Å². The predicted molar refractivity (Wildman–Crippen MR) is 404 cm³/mol. The van der Waals surface area contributed by atoms with E-state index < -0.39 is 0 Å². The molecule has 0 saturated heterocycles. The van der Waals surface area contributed by atoms with E-state index in [9.17, 15) is 0 Å². The Labute approximate surface area is 575 Å². The van der Waals surface area contributed by atoms with Gasteiger partial charge in [-0.3, -0.25) is 9.97 Å². The van der Waals surface area contributed by atoms with Crippen LogP contribution in [0.1, 0.15) is 74.9 Å². The lowest BCUT2D eigenvalue weighted by atomic mass is 9.80. The Morgan fingerprint density at radius 3 is 1.11 bits per heavy atom. The minimum atomic E-state index is -0.258. The maximum absolute atomic E-state index is 5.32. The molecule has 0 saturated carbocycles. The first-order chi connectivity index (χ1) is 48.4. The zero-order chi connectivity index (χ0) is 66.7. The highest BCUT2D eigenvalue weighted by Crippen LogP contribution is 2.55. The van der Waals surface area contributed by atoms with Crippen LogP contribution in [-0.2, 0) is 16.2 Å². The smallest absolute Gasteiger partial charge is 0.179 e. The number of nitrogens with zero attached hydrogens (tertiary/aromatic N) is 8. The molecule has 5 heterocycles. The lowest BCUT2D eigenvalue weighted by molar-refractivity contribution is 0.657. The highest BCUT2D eigenvalue weighted by molar-refractivity contribution is 6.25. The summed E-state index contributed by atoms with van der Waals surface area (Å²) in [7, 11) is 0. The van der Waals surface area contributed by atoms with Gasteiger partial charge in [-0.25, -0.2) is 29.9 Å². The third kappa shape index (κ3) is 9.64. The van der Waals surface area contributed by atoms with Crippen LogP contribution < -0.4 is 0 Å². The van der Waals surface area contributed by atoms with Crippen LogP contribution in [0.15, 0.2) is 292 Å². The molecule has 0 radical (unpaired) electrons. The normalized spacial score (nSPS) is 13.8. The van der Waals surface area contributed by atoms with Crippen LogP contribution in [0.4, 0.5) is 0 Å². The highest BCUT2D eigenvalue weighted by Gasteiger charge is 2.43. The molecule has 0 amide bonds. The monoisotopic (exact) mass is 1270 g/mol. The predicted octanol–water partition coefficient (Wildman–Crippen LogP) is 22.2. The fourth-order valence-electron chi connectivity index (χ4n) is 16.0. The third-order valence-electron chi connectivity index (χ3n) is 20.9. The number of hydrogen-bond donors (Lipinski definition) is 0. The molecule has 8 nitrogen and oxygen atoms in total. The van der Waals surface area contributed by atoms with Crippen molar-refractivity contribution in [2.45, 2.75) is 57.8 Å². The van der Waals surface area contributed by atoms with Gasteiger partial charge in [0.2, 0.25) is 0 Å². The average molecular weight is 1270 g/mol. The number of pyridine rings is 2. The van der Waals surface area contributed by atoms with Crippen LogP contribution in [0.5, 0.6) is 0 Å². The van der Waals surface area contributed by atoms with Crippen LogP contribution in [0.25, 0.3) is 156 Å². The van der Waals surface area contributed by atoms with E-state index in [1.165, 1.54) is 82.4 Å². The first-order valence-corrected chi connectivity index (χ1v) is 34.0. The number of hydrogen-bond acceptors (Lipinski definition) is 8. The van der Waals surface area contributed by atoms with Crippen molar-refractivity contribution < 1.29 is 0 Å². The number of aromatic nitrogens is 8. The molecule has 470 valence electrons. The first kappa shape index (κ1) is 59.3. The van der Waals surface area contributed by atoms with Gasteiger partial charge in [-0.2, -0.15) is 0 Å². The molecular formula is C91H66N8. The van der Waals surface area contributed by atoms with Gasteiger partial charge in [-0.15, -0.1) is 0 Å². The van der Waals surface area contributed by atoms with E-state index >= 15 is 0 Å². The molecule has 0 atom stereocenters. The SMILES string of the molecule is CC1(C)c2ccccc2-c2nc(-c3ccccn3)nc(-c3ccc(-c4ccc5c6ccccc6c6ccccc6c5c4)cc3)c21.CC1(C)c2ccccc2-c2nc(-c3cccnc3)nc(-c3ccc(-c4cccc(-c5nc(-c6ccccc6)nc6c5C(C)(C)c5ccccc5-6)c4)cc3)c21. The largest absolute Gasteiger partial charge is 0.264 e. The van der Waals surface area contributed by atoms with Gasteiger partial charge < -0.3 is 0 Å². The van der Waals surface area contributed by atoms with E-state index in [-0.39, 0.29) is 16.2 Å². The van der Waals surface area contributed by atoms with Crippen molar-refractivity contribution in [2.24, 2.45) is 0 Å². The van der Waals surface area contributed by atoms with E-state index in [1.807, 2.05) is 54.7 Å². The minimum absolute atomic E-state index is 0.231. The number of benzene rings is 11. The Balaban J connectivity index is 0.000000145. The second-order valence-electron chi connectivity index (χ2n) is 27.8. The molecule has 11 aromatic carbocycles. The second-order valence-corrected chi connectivity index (χ2v) is 27.8. The second kappa shape index (κ2) is 23.0. The molecule has 8 heteroatoms. The molecule has 0 spiro atoms. The summed E-state index contributed by atoms with van der Waals surface area (Å²) in [6, 6.07) is 96.8. The number of rotatable bonds is 8. The van der Waals surface area contributed by atoms with Gasteiger partial charge in [0.15, 0.2) is 17.5 Å². The first-order valence-electron chi connectivity index (χ1n) is 34.0. The molecule has 0 fully saturated rings. The van der Waals surface area contributed by atoms with Crippen LogP contribution >= 0.6 is 0 Å². The van der Waals surface area contributed by atoms with Crippen LogP contribution in [0.3, 0.4) is 0 Å². The van der Waals surface area contributed by atoms with Crippen molar-refractivity contribution in [3.8, 4) is 124 Å². The van der Waals surface area contributed by atoms with Crippen molar-refractivity contribution in [1.82, 2.24) is 39.9 Å². The summed E-state index contributed by atoms with van der Waals surface area (Å²) < 4.78 is 0. The lowest BCUT2D eigenvalue weighted by Crippen LogP contribution is -2.17. The Kier molecular flexibility index (Phi) is 13.7. The molecule has 3 aliphatic carbocycles. The zero-order valence-electron chi connectivity index (χ0n) is 55.8.